The average Bonchev–Trinajstić information content (AvgIpc) is 3.22. The zero-order chi connectivity index (χ0) is 21.3. The van der Waals surface area contributed by atoms with E-state index in [1.165, 1.54) is 15.6 Å². The topological polar surface area (TPSA) is 95.0 Å². The van der Waals surface area contributed by atoms with Crippen molar-refractivity contribution in [2.45, 2.75) is 43.2 Å². The van der Waals surface area contributed by atoms with Crippen LogP contribution in [0.15, 0.2) is 41.3 Å². The minimum atomic E-state index is -3.75. The zero-order valence-electron chi connectivity index (χ0n) is 16.5. The monoisotopic (exact) mass is 448 g/mol. The van der Waals surface area contributed by atoms with Gasteiger partial charge in [-0.15, -0.1) is 11.3 Å². The Morgan fingerprint density at radius 3 is 2.63 bits per heavy atom. The molecule has 30 heavy (non-hydrogen) atoms. The van der Waals surface area contributed by atoms with Gasteiger partial charge in [-0.3, -0.25) is 9.59 Å². The molecule has 9 heteroatoms. The Morgan fingerprint density at radius 2 is 1.90 bits per heavy atom. The molecule has 1 fully saturated rings. The molecule has 2 aliphatic heterocycles. The lowest BCUT2D eigenvalue weighted by Gasteiger charge is -2.37. The highest BCUT2D eigenvalue weighted by atomic mass is 32.2. The number of nitrogens with zero attached hydrogens (tertiary/aromatic N) is 2. The van der Waals surface area contributed by atoms with E-state index in [4.69, 9.17) is 5.11 Å². The lowest BCUT2D eigenvalue weighted by molar-refractivity contribution is -0.137. The summed E-state index contributed by atoms with van der Waals surface area (Å²) in [6, 6.07) is 9.34. The fraction of sp³-hybridized carbons (Fsp3) is 0.429. The van der Waals surface area contributed by atoms with Crippen LogP contribution in [0.25, 0.3) is 0 Å². The quantitative estimate of drug-likeness (QED) is 0.707. The maximum atomic E-state index is 13.4. The highest BCUT2D eigenvalue weighted by Crippen LogP contribution is 2.31. The summed E-state index contributed by atoms with van der Waals surface area (Å²) in [6.07, 6.45) is 2.67. The van der Waals surface area contributed by atoms with Crippen LogP contribution in [-0.4, -0.2) is 60.2 Å². The summed E-state index contributed by atoms with van der Waals surface area (Å²) in [4.78, 5) is 28.5. The van der Waals surface area contributed by atoms with Crippen molar-refractivity contribution in [3.63, 3.8) is 0 Å². The fourth-order valence-corrected chi connectivity index (χ4v) is 6.93. The number of sulfonamides is 1. The van der Waals surface area contributed by atoms with E-state index in [0.717, 1.165) is 23.3 Å². The number of aliphatic hydroxyl groups is 1. The van der Waals surface area contributed by atoms with E-state index in [0.29, 0.717) is 37.4 Å². The molecule has 1 aromatic carbocycles. The molecule has 0 radical (unpaired) electrons. The van der Waals surface area contributed by atoms with Crippen LogP contribution >= 0.6 is 11.3 Å². The first kappa shape index (κ1) is 21.2. The standard InChI is InChI=1S/C21H24N2O5S2/c24-14-18(25)19-12-15-9-11-22(13-20(15)29-19)21(26)17-8-4-5-10-23(17)30(27,28)16-6-2-1-3-7-16/h1-3,6-7,12,17,24H,4-5,8-11,13-14H2. The first-order valence-electron chi connectivity index (χ1n) is 10.0. The van der Waals surface area contributed by atoms with Crippen molar-refractivity contribution in [3.05, 3.63) is 51.7 Å². The maximum absolute atomic E-state index is 13.4. The molecule has 1 atom stereocenters. The van der Waals surface area contributed by atoms with Crippen LogP contribution in [0.4, 0.5) is 0 Å². The number of amides is 1. The van der Waals surface area contributed by atoms with Crippen LogP contribution in [0.3, 0.4) is 0 Å². The van der Waals surface area contributed by atoms with Gasteiger partial charge in [0.15, 0.2) is 5.78 Å². The van der Waals surface area contributed by atoms with Gasteiger partial charge in [-0.2, -0.15) is 4.31 Å². The van der Waals surface area contributed by atoms with Gasteiger partial charge in [0.2, 0.25) is 15.9 Å². The fourth-order valence-electron chi connectivity index (χ4n) is 4.10. The molecule has 0 aliphatic carbocycles. The van der Waals surface area contributed by atoms with Gasteiger partial charge in [-0.05, 0) is 43.0 Å². The van der Waals surface area contributed by atoms with Gasteiger partial charge >= 0.3 is 0 Å². The van der Waals surface area contributed by atoms with Gasteiger partial charge < -0.3 is 10.0 Å². The van der Waals surface area contributed by atoms with Crippen LogP contribution in [0.1, 0.15) is 39.4 Å². The van der Waals surface area contributed by atoms with Crippen LogP contribution in [0.2, 0.25) is 0 Å². The molecule has 4 rings (SSSR count). The summed E-state index contributed by atoms with van der Waals surface area (Å²) in [5.41, 5.74) is 1.03. The minimum absolute atomic E-state index is 0.178. The molecular formula is C21H24N2O5S2. The smallest absolute Gasteiger partial charge is 0.243 e. The summed E-state index contributed by atoms with van der Waals surface area (Å²) < 4.78 is 27.7. The van der Waals surface area contributed by atoms with Crippen LogP contribution < -0.4 is 0 Å². The normalized spacial score (nSPS) is 20.0. The Morgan fingerprint density at radius 1 is 1.13 bits per heavy atom. The van der Waals surface area contributed by atoms with Crippen LogP contribution in [-0.2, 0) is 27.8 Å². The number of benzene rings is 1. The van der Waals surface area contributed by atoms with Crippen LogP contribution in [0, 0.1) is 0 Å². The van der Waals surface area contributed by atoms with E-state index in [1.807, 2.05) is 0 Å². The molecule has 3 heterocycles. The van der Waals surface area contributed by atoms with E-state index >= 15 is 0 Å². The molecule has 2 aromatic rings. The lowest BCUT2D eigenvalue weighted by atomic mass is 10.0. The number of ketones is 1. The zero-order valence-corrected chi connectivity index (χ0v) is 18.1. The van der Waals surface area contributed by atoms with Crippen molar-refractivity contribution < 1.29 is 23.1 Å². The number of carbonyl (C=O) groups excluding carboxylic acids is 2. The number of hydrogen-bond acceptors (Lipinski definition) is 6. The Hall–Kier alpha value is -2.07. The Labute approximate surface area is 180 Å². The maximum Gasteiger partial charge on any atom is 0.243 e. The Kier molecular flexibility index (Phi) is 6.06. The first-order valence-corrected chi connectivity index (χ1v) is 12.3. The molecular weight excluding hydrogens is 424 g/mol. The molecule has 0 spiro atoms. The molecule has 1 N–H and O–H groups in total. The second-order valence-corrected chi connectivity index (χ2v) is 10.6. The van der Waals surface area contributed by atoms with Gasteiger partial charge in [-0.25, -0.2) is 8.42 Å². The highest BCUT2D eigenvalue weighted by Gasteiger charge is 2.40. The minimum Gasteiger partial charge on any atom is -0.388 e. The van der Waals surface area contributed by atoms with E-state index in [9.17, 15) is 18.0 Å². The number of piperidine rings is 1. The van der Waals surface area contributed by atoms with Crippen molar-refractivity contribution in [1.29, 1.82) is 0 Å². The van der Waals surface area contributed by atoms with Crippen molar-refractivity contribution >= 4 is 33.1 Å². The van der Waals surface area contributed by atoms with E-state index in [1.54, 1.807) is 41.3 Å². The number of rotatable bonds is 5. The third-order valence-corrected chi connectivity index (χ3v) is 8.83. The molecule has 2 aliphatic rings. The van der Waals surface area contributed by atoms with Crippen molar-refractivity contribution in [1.82, 2.24) is 9.21 Å². The third kappa shape index (κ3) is 3.94. The highest BCUT2D eigenvalue weighted by molar-refractivity contribution is 7.89. The van der Waals surface area contributed by atoms with Crippen molar-refractivity contribution in [2.75, 3.05) is 19.7 Å². The molecule has 1 aromatic heterocycles. The first-order chi connectivity index (χ1) is 14.4. The van der Waals surface area contributed by atoms with Gasteiger partial charge in [0.1, 0.15) is 12.6 Å². The summed E-state index contributed by atoms with van der Waals surface area (Å²) in [5.74, 6) is -0.497. The molecule has 160 valence electrons. The number of hydrogen-bond donors (Lipinski definition) is 1. The second kappa shape index (κ2) is 8.58. The van der Waals surface area contributed by atoms with Gasteiger partial charge in [-0.1, -0.05) is 24.6 Å². The number of aliphatic hydroxyl groups excluding tert-OH is 1. The molecule has 0 bridgehead atoms. The van der Waals surface area contributed by atoms with E-state index in [2.05, 4.69) is 0 Å². The van der Waals surface area contributed by atoms with Crippen molar-refractivity contribution in [3.8, 4) is 0 Å². The summed E-state index contributed by atoms with van der Waals surface area (Å²) in [7, 11) is -3.75. The Bertz CT molecular complexity index is 1050. The third-order valence-electron chi connectivity index (χ3n) is 5.70. The predicted molar refractivity (Wildman–Crippen MR) is 113 cm³/mol. The van der Waals surface area contributed by atoms with E-state index < -0.39 is 22.7 Å². The summed E-state index contributed by atoms with van der Waals surface area (Å²) in [5, 5.41) is 9.09. The van der Waals surface area contributed by atoms with Gasteiger partial charge in [0, 0.05) is 18.0 Å². The van der Waals surface area contributed by atoms with Gasteiger partial charge in [0.25, 0.3) is 0 Å². The summed E-state index contributed by atoms with van der Waals surface area (Å²) in [6.45, 7) is 0.662. The van der Waals surface area contributed by atoms with Crippen LogP contribution in [0.5, 0.6) is 0 Å². The molecule has 1 saturated heterocycles. The number of Topliss-reactive ketones (excluding diaryl/α,β-unsaturated/α-hetero) is 1. The molecule has 1 unspecified atom stereocenters. The average molecular weight is 449 g/mol. The number of thiophene rings is 1. The van der Waals surface area contributed by atoms with E-state index in [-0.39, 0.29) is 16.6 Å². The summed E-state index contributed by atoms with van der Waals surface area (Å²) >= 11 is 1.30. The second-order valence-electron chi connectivity index (χ2n) is 7.59. The number of carbonyl (C=O) groups is 2. The largest absolute Gasteiger partial charge is 0.388 e. The van der Waals surface area contributed by atoms with Crippen molar-refractivity contribution in [2.24, 2.45) is 0 Å². The SMILES string of the molecule is O=C(CO)c1cc2c(s1)CN(C(=O)C1CCCCN1S(=O)(=O)c1ccccc1)CC2. The lowest BCUT2D eigenvalue weighted by Crippen LogP contribution is -2.53. The van der Waals surface area contributed by atoms with Gasteiger partial charge in [0.05, 0.1) is 16.3 Å². The molecule has 7 nitrogen and oxygen atoms in total. The molecule has 0 saturated carbocycles. The predicted octanol–water partition coefficient (Wildman–Crippen LogP) is 2.05. The Balaban J connectivity index is 1.56. The molecule has 1 amide bonds. The number of fused-ring (bicyclic) bond motifs is 1.